The van der Waals surface area contributed by atoms with Gasteiger partial charge in [0.05, 0.1) is 0 Å². The van der Waals surface area contributed by atoms with Gasteiger partial charge in [-0.3, -0.25) is 14.9 Å². The molecule has 0 bridgehead atoms. The number of rotatable bonds is 1. The van der Waals surface area contributed by atoms with Crippen molar-refractivity contribution >= 4 is 28.3 Å². The third-order valence-corrected chi connectivity index (χ3v) is 1.62. The van der Waals surface area contributed by atoms with E-state index in [0.717, 1.165) is 11.3 Å². The van der Waals surface area contributed by atoms with Crippen LogP contribution in [0.5, 0.6) is 0 Å². The number of amides is 2. The van der Waals surface area contributed by atoms with Gasteiger partial charge in [-0.1, -0.05) is 11.3 Å². The maximum atomic E-state index is 10.9. The summed E-state index contributed by atoms with van der Waals surface area (Å²) in [5.41, 5.74) is 1.46. The fraction of sp³-hybridized carbons (Fsp3) is 0.200. The molecule has 7 heteroatoms. The van der Waals surface area contributed by atoms with Crippen molar-refractivity contribution in [3.8, 4) is 0 Å². The number of likely N-dealkylation sites (N-methyl/N-ethyl adjacent to an activating group) is 1. The van der Waals surface area contributed by atoms with Crippen LogP contribution < -0.4 is 10.6 Å². The summed E-state index contributed by atoms with van der Waals surface area (Å²) < 4.78 is 0. The van der Waals surface area contributed by atoms with Crippen LogP contribution in [0.4, 0.5) is 5.13 Å². The zero-order valence-electron chi connectivity index (χ0n) is 6.20. The molecule has 64 valence electrons. The number of aromatic nitrogens is 2. The molecule has 1 rings (SSSR count). The quantitative estimate of drug-likeness (QED) is 0.564. The van der Waals surface area contributed by atoms with Gasteiger partial charge in [0.15, 0.2) is 0 Å². The highest BCUT2D eigenvalue weighted by Gasteiger charge is 2.12. The summed E-state index contributed by atoms with van der Waals surface area (Å²) in [5, 5.41) is 11.8. The minimum absolute atomic E-state index is 0.309. The van der Waals surface area contributed by atoms with Gasteiger partial charge >= 0.3 is 11.8 Å². The highest BCUT2D eigenvalue weighted by Crippen LogP contribution is 2.06. The second kappa shape index (κ2) is 3.77. The SMILES string of the molecule is CNC(=O)C(=O)Nc1nncs1. The Morgan fingerprint density at radius 3 is 2.75 bits per heavy atom. The van der Waals surface area contributed by atoms with Gasteiger partial charge in [0.2, 0.25) is 5.13 Å². The van der Waals surface area contributed by atoms with Crippen LogP contribution in [0.2, 0.25) is 0 Å². The first-order chi connectivity index (χ1) is 5.74. The van der Waals surface area contributed by atoms with Crippen LogP contribution in [0.3, 0.4) is 0 Å². The molecule has 0 saturated carbocycles. The Labute approximate surface area is 72.0 Å². The van der Waals surface area contributed by atoms with Crippen LogP contribution in [0.15, 0.2) is 5.51 Å². The third kappa shape index (κ3) is 1.99. The van der Waals surface area contributed by atoms with Crippen LogP contribution in [-0.4, -0.2) is 29.1 Å². The predicted molar refractivity (Wildman–Crippen MR) is 42.6 cm³/mol. The van der Waals surface area contributed by atoms with E-state index in [9.17, 15) is 9.59 Å². The number of nitrogens with one attached hydrogen (secondary N) is 2. The van der Waals surface area contributed by atoms with Crippen LogP contribution in [0, 0.1) is 0 Å². The lowest BCUT2D eigenvalue weighted by Crippen LogP contribution is -2.32. The Morgan fingerprint density at radius 2 is 2.25 bits per heavy atom. The van der Waals surface area contributed by atoms with Gasteiger partial charge in [0.25, 0.3) is 0 Å². The van der Waals surface area contributed by atoms with Gasteiger partial charge in [-0.05, 0) is 0 Å². The van der Waals surface area contributed by atoms with E-state index in [1.807, 2.05) is 0 Å². The number of hydrogen-bond donors (Lipinski definition) is 2. The minimum Gasteiger partial charge on any atom is -0.351 e. The molecule has 0 spiro atoms. The van der Waals surface area contributed by atoms with Gasteiger partial charge in [0, 0.05) is 7.05 Å². The topological polar surface area (TPSA) is 84.0 Å². The molecule has 12 heavy (non-hydrogen) atoms. The zero-order chi connectivity index (χ0) is 8.97. The van der Waals surface area contributed by atoms with Crippen molar-refractivity contribution in [2.75, 3.05) is 12.4 Å². The van der Waals surface area contributed by atoms with Gasteiger partial charge in [-0.2, -0.15) is 0 Å². The normalized spacial score (nSPS) is 9.08. The molecular formula is C5H6N4O2S. The summed E-state index contributed by atoms with van der Waals surface area (Å²) >= 11 is 1.14. The van der Waals surface area contributed by atoms with Crippen molar-refractivity contribution in [1.29, 1.82) is 0 Å². The van der Waals surface area contributed by atoms with E-state index in [2.05, 4.69) is 20.8 Å². The Balaban J connectivity index is 2.53. The highest BCUT2D eigenvalue weighted by molar-refractivity contribution is 7.13. The number of anilines is 1. The van der Waals surface area contributed by atoms with Crippen molar-refractivity contribution in [3.05, 3.63) is 5.51 Å². The fourth-order valence-electron chi connectivity index (χ4n) is 0.495. The van der Waals surface area contributed by atoms with E-state index in [0.29, 0.717) is 5.13 Å². The Hall–Kier alpha value is -1.50. The molecule has 0 unspecified atom stereocenters. The van der Waals surface area contributed by atoms with Crippen LogP contribution in [0.1, 0.15) is 0 Å². The summed E-state index contributed by atoms with van der Waals surface area (Å²) in [5.74, 6) is -1.44. The number of hydrogen-bond acceptors (Lipinski definition) is 5. The van der Waals surface area contributed by atoms with E-state index in [1.165, 1.54) is 12.6 Å². The Bertz CT molecular complexity index is 284. The van der Waals surface area contributed by atoms with E-state index < -0.39 is 11.8 Å². The number of carbonyl (C=O) groups is 2. The molecule has 0 aliphatic carbocycles. The second-order valence-corrected chi connectivity index (χ2v) is 2.61. The van der Waals surface area contributed by atoms with Gasteiger partial charge in [0.1, 0.15) is 5.51 Å². The van der Waals surface area contributed by atoms with Gasteiger partial charge in [-0.15, -0.1) is 10.2 Å². The monoisotopic (exact) mass is 186 g/mol. The number of nitrogens with zero attached hydrogens (tertiary/aromatic N) is 2. The van der Waals surface area contributed by atoms with E-state index in [-0.39, 0.29) is 0 Å². The summed E-state index contributed by atoms with van der Waals surface area (Å²) in [4.78, 5) is 21.5. The molecule has 1 aromatic rings. The molecule has 2 amide bonds. The van der Waals surface area contributed by atoms with E-state index in [4.69, 9.17) is 0 Å². The average molecular weight is 186 g/mol. The lowest BCUT2D eigenvalue weighted by molar-refractivity contribution is -0.135. The van der Waals surface area contributed by atoms with Crippen molar-refractivity contribution in [2.45, 2.75) is 0 Å². The molecule has 6 nitrogen and oxygen atoms in total. The Morgan fingerprint density at radius 1 is 1.50 bits per heavy atom. The van der Waals surface area contributed by atoms with Gasteiger partial charge < -0.3 is 5.32 Å². The average Bonchev–Trinajstić information content (AvgIpc) is 2.55. The predicted octanol–water partition coefficient (Wildman–Crippen LogP) is -0.777. The molecule has 0 atom stereocenters. The maximum Gasteiger partial charge on any atom is 0.315 e. The van der Waals surface area contributed by atoms with Crippen LogP contribution >= 0.6 is 11.3 Å². The van der Waals surface area contributed by atoms with E-state index in [1.54, 1.807) is 0 Å². The first-order valence-electron chi connectivity index (χ1n) is 3.03. The molecule has 0 fully saturated rings. The molecule has 0 aromatic carbocycles. The van der Waals surface area contributed by atoms with Crippen LogP contribution in [-0.2, 0) is 9.59 Å². The largest absolute Gasteiger partial charge is 0.351 e. The highest BCUT2D eigenvalue weighted by atomic mass is 32.1. The standard InChI is InChI=1S/C5H6N4O2S/c1-6-3(10)4(11)8-5-9-7-2-12-5/h2H,1H3,(H,6,10)(H,8,9,11). The molecular weight excluding hydrogens is 180 g/mol. The molecule has 1 aromatic heterocycles. The molecule has 2 N–H and O–H groups in total. The summed E-state index contributed by atoms with van der Waals surface area (Å²) in [6, 6.07) is 0. The van der Waals surface area contributed by atoms with Crippen molar-refractivity contribution in [3.63, 3.8) is 0 Å². The minimum atomic E-state index is -0.741. The third-order valence-electron chi connectivity index (χ3n) is 1.01. The lowest BCUT2D eigenvalue weighted by Gasteiger charge is -1.97. The van der Waals surface area contributed by atoms with Crippen molar-refractivity contribution in [2.24, 2.45) is 0 Å². The summed E-state index contributed by atoms with van der Waals surface area (Å²) in [6.45, 7) is 0. The van der Waals surface area contributed by atoms with E-state index >= 15 is 0 Å². The first-order valence-corrected chi connectivity index (χ1v) is 3.91. The van der Waals surface area contributed by atoms with Crippen molar-refractivity contribution in [1.82, 2.24) is 15.5 Å². The zero-order valence-corrected chi connectivity index (χ0v) is 7.01. The Kier molecular flexibility index (Phi) is 2.70. The molecule has 1 heterocycles. The summed E-state index contributed by atoms with van der Waals surface area (Å²) in [6.07, 6.45) is 0. The second-order valence-electron chi connectivity index (χ2n) is 1.78. The van der Waals surface area contributed by atoms with Crippen LogP contribution in [0.25, 0.3) is 0 Å². The summed E-state index contributed by atoms with van der Waals surface area (Å²) in [7, 11) is 1.38. The smallest absolute Gasteiger partial charge is 0.315 e. The maximum absolute atomic E-state index is 10.9. The molecule has 0 aliphatic rings. The molecule has 0 radical (unpaired) electrons. The lowest BCUT2D eigenvalue weighted by atomic mass is 10.6. The van der Waals surface area contributed by atoms with Crippen molar-refractivity contribution < 1.29 is 9.59 Å². The first kappa shape index (κ1) is 8.60. The molecule has 0 saturated heterocycles. The van der Waals surface area contributed by atoms with Gasteiger partial charge in [-0.25, -0.2) is 0 Å². The number of carbonyl (C=O) groups excluding carboxylic acids is 2. The fourth-order valence-corrected chi connectivity index (χ4v) is 0.935. The molecule has 0 aliphatic heterocycles.